The maximum absolute atomic E-state index is 12.1. The van der Waals surface area contributed by atoms with Gasteiger partial charge in [0.05, 0.1) is 11.6 Å². The summed E-state index contributed by atoms with van der Waals surface area (Å²) in [6.07, 6.45) is 0. The third-order valence-corrected chi connectivity index (χ3v) is 3.06. The third kappa shape index (κ3) is 3.47. The van der Waals surface area contributed by atoms with E-state index in [2.05, 4.69) is 6.07 Å². The van der Waals surface area contributed by atoms with E-state index in [4.69, 9.17) is 4.74 Å². The van der Waals surface area contributed by atoms with Crippen molar-refractivity contribution in [3.05, 3.63) is 65.7 Å². The lowest BCUT2D eigenvalue weighted by molar-refractivity contribution is 0.0731. The van der Waals surface area contributed by atoms with Gasteiger partial charge >= 0.3 is 5.97 Å². The molecule has 1 unspecified atom stereocenters. The first-order chi connectivity index (χ1) is 10.1. The Morgan fingerprint density at radius 3 is 2.33 bits per heavy atom. The second kappa shape index (κ2) is 6.69. The third-order valence-electron chi connectivity index (χ3n) is 3.06. The summed E-state index contributed by atoms with van der Waals surface area (Å²) in [7, 11) is 3.62. The van der Waals surface area contributed by atoms with E-state index < -0.39 is 12.0 Å². The Balaban J connectivity index is 2.29. The number of ether oxygens (including phenoxy) is 1. The van der Waals surface area contributed by atoms with E-state index in [1.165, 1.54) is 0 Å². The number of benzene rings is 2. The number of hydrogen-bond acceptors (Lipinski definition) is 4. The highest BCUT2D eigenvalue weighted by Gasteiger charge is 2.19. The van der Waals surface area contributed by atoms with Crippen molar-refractivity contribution in [3.63, 3.8) is 0 Å². The Hall–Kier alpha value is -2.64. The molecule has 1 atom stereocenters. The molecular weight excluding hydrogens is 264 g/mol. The summed E-state index contributed by atoms with van der Waals surface area (Å²) in [5.41, 5.74) is 1.15. The summed E-state index contributed by atoms with van der Waals surface area (Å²) in [4.78, 5) is 13.9. The highest BCUT2D eigenvalue weighted by atomic mass is 16.5. The van der Waals surface area contributed by atoms with Crippen LogP contribution in [0.4, 0.5) is 0 Å². The fourth-order valence-electron chi connectivity index (χ4n) is 2.00. The summed E-state index contributed by atoms with van der Waals surface area (Å²) in [5, 5.41) is 9.29. The van der Waals surface area contributed by atoms with Crippen molar-refractivity contribution >= 4 is 5.97 Å². The predicted octanol–water partition coefficient (Wildman–Crippen LogP) is 3.03. The SMILES string of the molecule is CN(C)C(C#N)c1ccccc1OC(=O)c1ccccc1. The molecule has 0 saturated carbocycles. The molecule has 0 heterocycles. The number of hydrogen-bond donors (Lipinski definition) is 0. The minimum absolute atomic E-state index is 0.409. The summed E-state index contributed by atoms with van der Waals surface area (Å²) in [6.45, 7) is 0. The quantitative estimate of drug-likeness (QED) is 0.638. The summed E-state index contributed by atoms with van der Waals surface area (Å²) >= 11 is 0. The van der Waals surface area contributed by atoms with Gasteiger partial charge in [0.2, 0.25) is 0 Å². The van der Waals surface area contributed by atoms with E-state index in [-0.39, 0.29) is 0 Å². The van der Waals surface area contributed by atoms with E-state index in [0.717, 1.165) is 0 Å². The second-order valence-corrected chi connectivity index (χ2v) is 4.79. The van der Waals surface area contributed by atoms with Crippen molar-refractivity contribution in [1.82, 2.24) is 4.90 Å². The number of carbonyl (C=O) groups is 1. The summed E-state index contributed by atoms with van der Waals surface area (Å²) in [6, 6.07) is 17.6. The van der Waals surface area contributed by atoms with Crippen LogP contribution in [0.15, 0.2) is 54.6 Å². The van der Waals surface area contributed by atoms with E-state index in [9.17, 15) is 10.1 Å². The first-order valence-corrected chi connectivity index (χ1v) is 6.55. The standard InChI is InChI=1S/C17H16N2O2/c1-19(2)15(12-18)14-10-6-7-11-16(14)21-17(20)13-8-4-3-5-9-13/h3-11,15H,1-2H3. The fraction of sp³-hybridized carbons (Fsp3) is 0.176. The summed E-state index contributed by atoms with van der Waals surface area (Å²) < 4.78 is 5.45. The number of esters is 1. The van der Waals surface area contributed by atoms with E-state index in [1.807, 2.05) is 26.2 Å². The van der Waals surface area contributed by atoms with Gasteiger partial charge in [-0.25, -0.2) is 4.79 Å². The first-order valence-electron chi connectivity index (χ1n) is 6.55. The normalized spacial score (nSPS) is 11.7. The lowest BCUT2D eigenvalue weighted by Gasteiger charge is -2.19. The van der Waals surface area contributed by atoms with Gasteiger partial charge in [-0.2, -0.15) is 5.26 Å². The Morgan fingerprint density at radius 1 is 1.10 bits per heavy atom. The van der Waals surface area contributed by atoms with Crippen LogP contribution in [0.5, 0.6) is 5.75 Å². The highest BCUT2D eigenvalue weighted by Crippen LogP contribution is 2.28. The zero-order valence-electron chi connectivity index (χ0n) is 12.0. The van der Waals surface area contributed by atoms with Crippen LogP contribution in [0, 0.1) is 11.3 Å². The van der Waals surface area contributed by atoms with Gasteiger partial charge in [0, 0.05) is 5.56 Å². The van der Waals surface area contributed by atoms with E-state index in [0.29, 0.717) is 16.9 Å². The molecule has 0 radical (unpaired) electrons. The van der Waals surface area contributed by atoms with Crippen LogP contribution in [0.3, 0.4) is 0 Å². The van der Waals surface area contributed by atoms with Crippen LogP contribution in [0.25, 0.3) is 0 Å². The van der Waals surface area contributed by atoms with Crippen LogP contribution in [-0.2, 0) is 0 Å². The molecule has 4 heteroatoms. The molecule has 0 aliphatic rings. The molecule has 4 nitrogen and oxygen atoms in total. The van der Waals surface area contributed by atoms with Gasteiger partial charge in [-0.3, -0.25) is 4.90 Å². The number of carbonyl (C=O) groups excluding carboxylic acids is 1. The van der Waals surface area contributed by atoms with Gasteiger partial charge in [0.15, 0.2) is 0 Å². The zero-order chi connectivity index (χ0) is 15.2. The van der Waals surface area contributed by atoms with Gasteiger partial charge < -0.3 is 4.74 Å². The minimum atomic E-state index is -0.468. The number of nitriles is 1. The summed E-state index contributed by atoms with van der Waals surface area (Å²) in [5.74, 6) is -0.0231. The zero-order valence-corrected chi connectivity index (χ0v) is 12.0. The van der Waals surface area contributed by atoms with Crippen LogP contribution in [0.1, 0.15) is 22.0 Å². The van der Waals surface area contributed by atoms with Crippen molar-refractivity contribution in [1.29, 1.82) is 5.26 Å². The fourth-order valence-corrected chi connectivity index (χ4v) is 2.00. The molecule has 0 aliphatic heterocycles. The van der Waals surface area contributed by atoms with Crippen LogP contribution < -0.4 is 4.74 Å². The smallest absolute Gasteiger partial charge is 0.343 e. The van der Waals surface area contributed by atoms with Crippen molar-refractivity contribution in [2.45, 2.75) is 6.04 Å². The van der Waals surface area contributed by atoms with Gasteiger partial charge in [0.25, 0.3) is 0 Å². The van der Waals surface area contributed by atoms with Crippen molar-refractivity contribution in [2.24, 2.45) is 0 Å². The predicted molar refractivity (Wildman–Crippen MR) is 79.9 cm³/mol. The molecule has 0 saturated heterocycles. The molecule has 21 heavy (non-hydrogen) atoms. The van der Waals surface area contributed by atoms with Crippen molar-refractivity contribution in [3.8, 4) is 11.8 Å². The maximum atomic E-state index is 12.1. The molecule has 0 N–H and O–H groups in total. The van der Waals surface area contributed by atoms with Crippen molar-refractivity contribution in [2.75, 3.05) is 14.1 Å². The molecule has 0 fully saturated rings. The monoisotopic (exact) mass is 280 g/mol. The molecular formula is C17H16N2O2. The van der Waals surface area contributed by atoms with Gasteiger partial charge in [-0.15, -0.1) is 0 Å². The number of para-hydroxylation sites is 1. The Kier molecular flexibility index (Phi) is 4.70. The Labute approximate surface area is 124 Å². The van der Waals surface area contributed by atoms with E-state index in [1.54, 1.807) is 47.4 Å². The lowest BCUT2D eigenvalue weighted by atomic mass is 10.1. The van der Waals surface area contributed by atoms with Crippen molar-refractivity contribution < 1.29 is 9.53 Å². The van der Waals surface area contributed by atoms with Gasteiger partial charge in [-0.05, 0) is 32.3 Å². The first kappa shape index (κ1) is 14.8. The molecule has 2 rings (SSSR count). The van der Waals surface area contributed by atoms with Crippen LogP contribution >= 0.6 is 0 Å². The molecule has 0 bridgehead atoms. The topological polar surface area (TPSA) is 53.3 Å². The van der Waals surface area contributed by atoms with Crippen LogP contribution in [-0.4, -0.2) is 25.0 Å². The highest BCUT2D eigenvalue weighted by molar-refractivity contribution is 5.91. The molecule has 2 aromatic rings. The molecule has 0 spiro atoms. The maximum Gasteiger partial charge on any atom is 0.343 e. The van der Waals surface area contributed by atoms with Crippen LogP contribution in [0.2, 0.25) is 0 Å². The molecule has 2 aromatic carbocycles. The number of nitrogens with zero attached hydrogens (tertiary/aromatic N) is 2. The molecule has 0 amide bonds. The lowest BCUT2D eigenvalue weighted by Crippen LogP contribution is -2.20. The average Bonchev–Trinajstić information content (AvgIpc) is 2.50. The Bertz CT molecular complexity index is 660. The molecule has 106 valence electrons. The molecule has 0 aromatic heterocycles. The van der Waals surface area contributed by atoms with E-state index >= 15 is 0 Å². The number of rotatable bonds is 4. The van der Waals surface area contributed by atoms with Gasteiger partial charge in [0.1, 0.15) is 11.8 Å². The average molecular weight is 280 g/mol. The second-order valence-electron chi connectivity index (χ2n) is 4.79. The molecule has 0 aliphatic carbocycles. The minimum Gasteiger partial charge on any atom is -0.423 e. The van der Waals surface area contributed by atoms with Gasteiger partial charge in [-0.1, -0.05) is 36.4 Å². The largest absolute Gasteiger partial charge is 0.423 e. The Morgan fingerprint density at radius 2 is 1.71 bits per heavy atom.